The Morgan fingerprint density at radius 3 is 2.74 bits per heavy atom. The van der Waals surface area contributed by atoms with Crippen LogP contribution in [0.4, 0.5) is 0 Å². The summed E-state index contributed by atoms with van der Waals surface area (Å²) in [7, 11) is 2.84. The molecule has 0 aliphatic heterocycles. The van der Waals surface area contributed by atoms with Gasteiger partial charge in [0.1, 0.15) is 11.5 Å². The van der Waals surface area contributed by atoms with Crippen LogP contribution >= 0.6 is 0 Å². The molecular weight excluding hydrogens is 300 g/mol. The molecule has 2 aromatic rings. The molecule has 1 aromatic heterocycles. The summed E-state index contributed by atoms with van der Waals surface area (Å²) in [6.45, 7) is 1.78. The van der Waals surface area contributed by atoms with E-state index in [9.17, 15) is 4.79 Å². The molecule has 0 unspecified atom stereocenters. The van der Waals surface area contributed by atoms with Crippen LogP contribution in [-0.2, 0) is 16.2 Å². The third-order valence-corrected chi connectivity index (χ3v) is 3.09. The van der Waals surface area contributed by atoms with E-state index in [1.165, 1.54) is 7.11 Å². The molecule has 0 amide bonds. The summed E-state index contributed by atoms with van der Waals surface area (Å²) in [6.07, 6.45) is 0. The Bertz CT molecular complexity index is 721. The lowest BCUT2D eigenvalue weighted by Crippen LogP contribution is -2.15. The van der Waals surface area contributed by atoms with E-state index < -0.39 is 5.97 Å². The fourth-order valence-electron chi connectivity index (χ4n) is 1.99. The molecule has 0 fully saturated rings. The number of benzene rings is 1. The largest absolute Gasteiger partial charge is 0.496 e. The number of amidine groups is 1. The fraction of sp³-hybridized carbons (Fsp3) is 0.250. The third-order valence-electron chi connectivity index (χ3n) is 3.09. The topological polar surface area (TPSA) is 96.3 Å². The van der Waals surface area contributed by atoms with Crippen molar-refractivity contribution >= 4 is 11.8 Å². The molecule has 0 spiro atoms. The second kappa shape index (κ2) is 7.35. The number of carbonyl (C=O) groups excluding carboxylic acids is 1. The van der Waals surface area contributed by atoms with Gasteiger partial charge in [-0.2, -0.15) is 0 Å². The van der Waals surface area contributed by atoms with Gasteiger partial charge in [-0.1, -0.05) is 17.3 Å². The average Bonchev–Trinajstić information content (AvgIpc) is 2.94. The van der Waals surface area contributed by atoms with Crippen LogP contribution in [0.1, 0.15) is 27.4 Å². The molecule has 2 N–H and O–H groups in total. The molecule has 7 heteroatoms. The van der Waals surface area contributed by atoms with E-state index in [-0.39, 0.29) is 18.2 Å². The van der Waals surface area contributed by atoms with E-state index in [0.29, 0.717) is 22.6 Å². The van der Waals surface area contributed by atoms with Crippen LogP contribution in [0.5, 0.6) is 5.75 Å². The minimum atomic E-state index is -0.536. The van der Waals surface area contributed by atoms with Gasteiger partial charge in [-0.25, -0.2) is 4.79 Å². The fourth-order valence-corrected chi connectivity index (χ4v) is 1.99. The van der Waals surface area contributed by atoms with Crippen LogP contribution in [0.3, 0.4) is 0 Å². The molecule has 1 heterocycles. The van der Waals surface area contributed by atoms with Gasteiger partial charge in [0, 0.05) is 5.56 Å². The van der Waals surface area contributed by atoms with Gasteiger partial charge in [0.15, 0.2) is 12.4 Å². The zero-order valence-electron chi connectivity index (χ0n) is 13.2. The SMILES string of the molecule is COC(=O)c1oc(CO/N=C(/N)c2ccccc2OC)cc1C. The number of hydrogen-bond acceptors (Lipinski definition) is 6. The van der Waals surface area contributed by atoms with Gasteiger partial charge < -0.3 is 24.5 Å². The number of carbonyl (C=O) groups is 1. The van der Waals surface area contributed by atoms with Gasteiger partial charge in [0.25, 0.3) is 0 Å². The Labute approximate surface area is 133 Å². The number of para-hydroxylation sites is 1. The van der Waals surface area contributed by atoms with Crippen LogP contribution in [0.2, 0.25) is 0 Å². The first-order valence-electron chi connectivity index (χ1n) is 6.83. The lowest BCUT2D eigenvalue weighted by Gasteiger charge is -2.06. The van der Waals surface area contributed by atoms with Crippen molar-refractivity contribution in [1.29, 1.82) is 0 Å². The van der Waals surface area contributed by atoms with E-state index in [1.807, 2.05) is 12.1 Å². The highest BCUT2D eigenvalue weighted by Gasteiger charge is 2.16. The maximum atomic E-state index is 11.5. The number of methoxy groups -OCH3 is 2. The number of oxime groups is 1. The van der Waals surface area contributed by atoms with E-state index in [0.717, 1.165) is 0 Å². The highest BCUT2D eigenvalue weighted by molar-refractivity contribution is 5.99. The first kappa shape index (κ1) is 16.4. The highest BCUT2D eigenvalue weighted by Crippen LogP contribution is 2.18. The first-order chi connectivity index (χ1) is 11.1. The molecule has 0 bridgehead atoms. The lowest BCUT2D eigenvalue weighted by atomic mass is 10.2. The van der Waals surface area contributed by atoms with E-state index in [2.05, 4.69) is 9.89 Å². The quantitative estimate of drug-likeness (QED) is 0.380. The molecule has 122 valence electrons. The van der Waals surface area contributed by atoms with E-state index >= 15 is 0 Å². The normalized spacial score (nSPS) is 11.2. The average molecular weight is 318 g/mol. The lowest BCUT2D eigenvalue weighted by molar-refractivity contribution is 0.0552. The minimum absolute atomic E-state index is 0.0354. The summed E-state index contributed by atoms with van der Waals surface area (Å²) in [5.74, 6) is 0.830. The second-order valence-corrected chi connectivity index (χ2v) is 4.67. The smallest absolute Gasteiger partial charge is 0.374 e. The molecule has 0 saturated carbocycles. The maximum Gasteiger partial charge on any atom is 0.374 e. The molecule has 7 nitrogen and oxygen atoms in total. The van der Waals surface area contributed by atoms with Crippen molar-refractivity contribution in [1.82, 2.24) is 0 Å². The molecular formula is C16H18N2O5. The number of ether oxygens (including phenoxy) is 2. The number of nitrogens with two attached hydrogens (primary N) is 1. The number of esters is 1. The number of furan rings is 1. The van der Waals surface area contributed by atoms with Gasteiger partial charge in [-0.3, -0.25) is 0 Å². The number of hydrogen-bond donors (Lipinski definition) is 1. The van der Waals surface area contributed by atoms with Crippen LogP contribution in [0, 0.1) is 6.92 Å². The van der Waals surface area contributed by atoms with Gasteiger partial charge in [-0.05, 0) is 25.1 Å². The summed E-state index contributed by atoms with van der Waals surface area (Å²) in [5, 5.41) is 3.84. The Morgan fingerprint density at radius 1 is 1.30 bits per heavy atom. The summed E-state index contributed by atoms with van der Waals surface area (Å²) < 4.78 is 15.2. The molecule has 0 atom stereocenters. The standard InChI is InChI=1S/C16H18N2O5/c1-10-8-11(23-14(10)16(19)21-3)9-22-18-15(17)12-6-4-5-7-13(12)20-2/h4-8H,9H2,1-3H3,(H2,17,18). The Kier molecular flexibility index (Phi) is 5.24. The second-order valence-electron chi connectivity index (χ2n) is 4.67. The predicted octanol–water partition coefficient (Wildman–Crippen LogP) is 2.22. The van der Waals surface area contributed by atoms with Crippen molar-refractivity contribution in [2.75, 3.05) is 14.2 Å². The minimum Gasteiger partial charge on any atom is -0.496 e. The third kappa shape index (κ3) is 3.82. The molecule has 0 radical (unpaired) electrons. The Morgan fingerprint density at radius 2 is 2.04 bits per heavy atom. The van der Waals surface area contributed by atoms with Crippen molar-refractivity contribution in [3.05, 3.63) is 53.0 Å². The molecule has 2 rings (SSSR count). The molecule has 23 heavy (non-hydrogen) atoms. The highest BCUT2D eigenvalue weighted by atomic mass is 16.6. The van der Waals surface area contributed by atoms with Crippen LogP contribution < -0.4 is 10.5 Å². The first-order valence-corrected chi connectivity index (χ1v) is 6.83. The Hall–Kier alpha value is -2.96. The molecule has 1 aromatic carbocycles. The monoisotopic (exact) mass is 318 g/mol. The van der Waals surface area contributed by atoms with E-state index in [1.54, 1.807) is 32.2 Å². The van der Waals surface area contributed by atoms with Crippen molar-refractivity contribution in [2.24, 2.45) is 10.9 Å². The zero-order chi connectivity index (χ0) is 16.8. The van der Waals surface area contributed by atoms with Gasteiger partial charge >= 0.3 is 5.97 Å². The van der Waals surface area contributed by atoms with Gasteiger partial charge in [-0.15, -0.1) is 0 Å². The number of aryl methyl sites for hydroxylation is 1. The van der Waals surface area contributed by atoms with Gasteiger partial charge in [0.05, 0.1) is 19.8 Å². The van der Waals surface area contributed by atoms with Crippen LogP contribution in [-0.4, -0.2) is 26.0 Å². The van der Waals surface area contributed by atoms with Gasteiger partial charge in [0.2, 0.25) is 5.76 Å². The summed E-state index contributed by atoms with van der Waals surface area (Å²) in [4.78, 5) is 16.6. The molecule has 0 aliphatic rings. The van der Waals surface area contributed by atoms with Crippen molar-refractivity contribution < 1.29 is 23.5 Å². The molecule has 0 saturated heterocycles. The number of rotatable bonds is 6. The predicted molar refractivity (Wildman–Crippen MR) is 83.3 cm³/mol. The Balaban J connectivity index is 2.05. The summed E-state index contributed by atoms with van der Waals surface area (Å²) in [6, 6.07) is 8.87. The summed E-state index contributed by atoms with van der Waals surface area (Å²) in [5.41, 5.74) is 7.17. The zero-order valence-corrected chi connectivity index (χ0v) is 13.2. The molecule has 0 aliphatic carbocycles. The maximum absolute atomic E-state index is 11.5. The van der Waals surface area contributed by atoms with Crippen molar-refractivity contribution in [3.8, 4) is 5.75 Å². The van der Waals surface area contributed by atoms with Crippen molar-refractivity contribution in [3.63, 3.8) is 0 Å². The number of nitrogens with zero attached hydrogens (tertiary/aromatic N) is 1. The summed E-state index contributed by atoms with van der Waals surface area (Å²) >= 11 is 0. The van der Waals surface area contributed by atoms with Crippen LogP contribution in [0.15, 0.2) is 39.9 Å². The van der Waals surface area contributed by atoms with E-state index in [4.69, 9.17) is 19.7 Å². The van der Waals surface area contributed by atoms with Crippen LogP contribution in [0.25, 0.3) is 0 Å². The van der Waals surface area contributed by atoms with Crippen molar-refractivity contribution in [2.45, 2.75) is 13.5 Å².